The molecule has 0 N–H and O–H groups in total. The van der Waals surface area contributed by atoms with Gasteiger partial charge in [0.2, 0.25) is 6.54 Å². The molecule has 0 aliphatic carbocycles. The maximum Gasteiger partial charge on any atom is 0.414 e. The summed E-state index contributed by atoms with van der Waals surface area (Å²) in [6.07, 6.45) is 0.192. The minimum Gasteiger partial charge on any atom is -0.444 e. The van der Waals surface area contributed by atoms with Crippen LogP contribution in [-0.2, 0) is 4.74 Å². The molecule has 1 aliphatic heterocycles. The van der Waals surface area contributed by atoms with Crippen LogP contribution in [0.25, 0.3) is 4.85 Å². The number of thioether (sulfide) groups is 1. The number of cyclic esters (lactones) is 1. The van der Waals surface area contributed by atoms with Crippen molar-refractivity contribution in [2.45, 2.75) is 24.3 Å². The van der Waals surface area contributed by atoms with Gasteiger partial charge in [-0.25, -0.2) is 15.8 Å². The standard InChI is InChI=1S/C14H15FN2O2S/c1-3-11-9-17(14(18)19-11)10-4-5-13(12(15)8-10)20-7-6-16-2/h4-5,8,11H,3,6-7,9H2,1H3/t11-/m0/s1. The summed E-state index contributed by atoms with van der Waals surface area (Å²) in [5.41, 5.74) is 0.512. The number of carbonyl (C=O) groups excluding carboxylic acids is 1. The van der Waals surface area contributed by atoms with Crippen LogP contribution >= 0.6 is 11.8 Å². The lowest BCUT2D eigenvalue weighted by Gasteiger charge is -2.13. The van der Waals surface area contributed by atoms with Gasteiger partial charge >= 0.3 is 6.09 Å². The fourth-order valence-electron chi connectivity index (χ4n) is 1.92. The first-order valence-electron chi connectivity index (χ1n) is 6.39. The predicted octanol–water partition coefficient (Wildman–Crippen LogP) is 3.57. The summed E-state index contributed by atoms with van der Waals surface area (Å²) >= 11 is 1.31. The van der Waals surface area contributed by atoms with E-state index in [0.717, 1.165) is 6.42 Å². The van der Waals surface area contributed by atoms with E-state index in [0.29, 0.717) is 29.4 Å². The van der Waals surface area contributed by atoms with E-state index in [9.17, 15) is 9.18 Å². The average Bonchev–Trinajstić information content (AvgIpc) is 2.82. The van der Waals surface area contributed by atoms with Gasteiger partial charge in [0.15, 0.2) is 0 Å². The Morgan fingerprint density at radius 1 is 1.60 bits per heavy atom. The van der Waals surface area contributed by atoms with Gasteiger partial charge in [-0.2, -0.15) is 0 Å². The van der Waals surface area contributed by atoms with E-state index in [1.807, 2.05) is 6.92 Å². The van der Waals surface area contributed by atoms with Crippen molar-refractivity contribution < 1.29 is 13.9 Å². The molecular formula is C14H15FN2O2S. The molecular weight excluding hydrogens is 279 g/mol. The Bertz CT molecular complexity index is 544. The Hall–Kier alpha value is -1.74. The fourth-order valence-corrected chi connectivity index (χ4v) is 2.68. The summed E-state index contributed by atoms with van der Waals surface area (Å²) in [5, 5.41) is 0. The summed E-state index contributed by atoms with van der Waals surface area (Å²) in [5.74, 6) is 0.189. The molecule has 4 nitrogen and oxygen atoms in total. The third-order valence-corrected chi connectivity index (χ3v) is 4.05. The summed E-state index contributed by atoms with van der Waals surface area (Å²) in [4.78, 5) is 16.9. The van der Waals surface area contributed by atoms with Crippen molar-refractivity contribution in [1.29, 1.82) is 0 Å². The zero-order valence-corrected chi connectivity index (χ0v) is 12.0. The third-order valence-electron chi connectivity index (χ3n) is 3.02. The Morgan fingerprint density at radius 3 is 3.00 bits per heavy atom. The van der Waals surface area contributed by atoms with Crippen molar-refractivity contribution in [3.05, 3.63) is 35.4 Å². The van der Waals surface area contributed by atoms with Gasteiger partial charge in [-0.05, 0) is 24.6 Å². The SMILES string of the molecule is [C-]#[N+]CCSc1ccc(N2C[C@H](CC)OC2=O)cc1F. The number of hydrogen-bond acceptors (Lipinski definition) is 3. The highest BCUT2D eigenvalue weighted by atomic mass is 32.2. The van der Waals surface area contributed by atoms with Gasteiger partial charge in [-0.1, -0.05) is 6.92 Å². The van der Waals surface area contributed by atoms with E-state index < -0.39 is 6.09 Å². The number of nitrogens with zero attached hydrogens (tertiary/aromatic N) is 2. The lowest BCUT2D eigenvalue weighted by molar-refractivity contribution is 0.139. The molecule has 1 atom stereocenters. The highest BCUT2D eigenvalue weighted by molar-refractivity contribution is 7.99. The minimum absolute atomic E-state index is 0.127. The van der Waals surface area contributed by atoms with Crippen LogP contribution in [0.4, 0.5) is 14.9 Å². The van der Waals surface area contributed by atoms with Crippen LogP contribution in [0.15, 0.2) is 23.1 Å². The molecule has 1 amide bonds. The van der Waals surface area contributed by atoms with E-state index in [1.165, 1.54) is 22.7 Å². The van der Waals surface area contributed by atoms with Crippen molar-refractivity contribution in [3.8, 4) is 0 Å². The van der Waals surface area contributed by atoms with Crippen molar-refractivity contribution >= 4 is 23.5 Å². The number of hydrogen-bond donors (Lipinski definition) is 0. The monoisotopic (exact) mass is 294 g/mol. The van der Waals surface area contributed by atoms with E-state index in [4.69, 9.17) is 11.3 Å². The zero-order valence-electron chi connectivity index (χ0n) is 11.1. The van der Waals surface area contributed by atoms with Gasteiger partial charge in [0.1, 0.15) is 11.9 Å². The molecule has 6 heteroatoms. The van der Waals surface area contributed by atoms with Crippen LogP contribution in [0, 0.1) is 12.4 Å². The summed E-state index contributed by atoms with van der Waals surface area (Å²) < 4.78 is 19.1. The minimum atomic E-state index is -0.426. The largest absolute Gasteiger partial charge is 0.444 e. The quantitative estimate of drug-likeness (QED) is 0.473. The maximum atomic E-state index is 14.0. The van der Waals surface area contributed by atoms with Gasteiger partial charge in [-0.15, -0.1) is 11.8 Å². The number of benzene rings is 1. The van der Waals surface area contributed by atoms with Gasteiger partial charge in [0.25, 0.3) is 0 Å². The van der Waals surface area contributed by atoms with Crippen LogP contribution in [0.1, 0.15) is 13.3 Å². The van der Waals surface area contributed by atoms with Crippen LogP contribution in [0.5, 0.6) is 0 Å². The van der Waals surface area contributed by atoms with Crippen LogP contribution < -0.4 is 4.90 Å². The molecule has 2 rings (SSSR count). The van der Waals surface area contributed by atoms with Crippen molar-refractivity contribution in [1.82, 2.24) is 0 Å². The summed E-state index contributed by atoms with van der Waals surface area (Å²) in [6, 6.07) is 4.70. The molecule has 20 heavy (non-hydrogen) atoms. The predicted molar refractivity (Wildman–Crippen MR) is 76.5 cm³/mol. The lowest BCUT2D eigenvalue weighted by atomic mass is 10.2. The second-order valence-corrected chi connectivity index (χ2v) is 5.51. The van der Waals surface area contributed by atoms with Crippen LogP contribution in [0.3, 0.4) is 0 Å². The van der Waals surface area contributed by atoms with E-state index in [2.05, 4.69) is 4.85 Å². The number of rotatable bonds is 5. The normalized spacial score (nSPS) is 17.9. The number of ether oxygens (including phenoxy) is 1. The number of amides is 1. The Labute approximate surface area is 121 Å². The van der Waals surface area contributed by atoms with Crippen molar-refractivity contribution in [2.24, 2.45) is 0 Å². The van der Waals surface area contributed by atoms with Gasteiger partial charge < -0.3 is 9.58 Å². The molecule has 0 saturated carbocycles. The second kappa shape index (κ2) is 6.62. The molecule has 1 saturated heterocycles. The van der Waals surface area contributed by atoms with Crippen molar-refractivity contribution in [3.63, 3.8) is 0 Å². The Balaban J connectivity index is 2.09. The second-order valence-electron chi connectivity index (χ2n) is 4.37. The topological polar surface area (TPSA) is 33.9 Å². The van der Waals surface area contributed by atoms with Crippen LogP contribution in [0.2, 0.25) is 0 Å². The maximum absolute atomic E-state index is 14.0. The van der Waals surface area contributed by atoms with E-state index in [1.54, 1.807) is 12.1 Å². The summed E-state index contributed by atoms with van der Waals surface area (Å²) in [7, 11) is 0. The first-order valence-corrected chi connectivity index (χ1v) is 7.38. The van der Waals surface area contributed by atoms with E-state index >= 15 is 0 Å². The van der Waals surface area contributed by atoms with Gasteiger partial charge in [0.05, 0.1) is 18.0 Å². The van der Waals surface area contributed by atoms with E-state index in [-0.39, 0.29) is 11.9 Å². The highest BCUT2D eigenvalue weighted by Gasteiger charge is 2.31. The molecule has 1 fully saturated rings. The molecule has 0 aromatic heterocycles. The first kappa shape index (κ1) is 14.7. The lowest BCUT2D eigenvalue weighted by Crippen LogP contribution is -2.24. The zero-order chi connectivity index (χ0) is 14.5. The Morgan fingerprint density at radius 2 is 2.40 bits per heavy atom. The molecule has 0 unspecified atom stereocenters. The smallest absolute Gasteiger partial charge is 0.414 e. The highest BCUT2D eigenvalue weighted by Crippen LogP contribution is 2.28. The molecule has 0 spiro atoms. The van der Waals surface area contributed by atoms with Gasteiger partial charge in [-0.3, -0.25) is 4.90 Å². The molecule has 0 radical (unpaired) electrons. The first-order chi connectivity index (χ1) is 9.65. The number of carbonyl (C=O) groups is 1. The molecule has 106 valence electrons. The van der Waals surface area contributed by atoms with Crippen LogP contribution in [-0.4, -0.2) is 31.0 Å². The average molecular weight is 294 g/mol. The Kier molecular flexibility index (Phi) is 4.85. The molecule has 1 aromatic rings. The molecule has 1 heterocycles. The molecule has 1 aliphatic rings. The molecule has 0 bridgehead atoms. The number of anilines is 1. The fraction of sp³-hybridized carbons (Fsp3) is 0.429. The van der Waals surface area contributed by atoms with Crippen molar-refractivity contribution in [2.75, 3.05) is 23.7 Å². The third kappa shape index (κ3) is 3.23. The summed E-state index contributed by atoms with van der Waals surface area (Å²) in [6.45, 7) is 9.45. The van der Waals surface area contributed by atoms with Gasteiger partial charge in [0, 0.05) is 4.90 Å². The number of halogens is 1. The molecule has 1 aromatic carbocycles.